The summed E-state index contributed by atoms with van der Waals surface area (Å²) >= 11 is 3.94. The third kappa shape index (κ3) is 10.7. The van der Waals surface area contributed by atoms with Gasteiger partial charge in [-0.05, 0) is 18.4 Å². The number of benzene rings is 1. The lowest BCUT2D eigenvalue weighted by Crippen LogP contribution is -2.57. The molecule has 0 heterocycles. The van der Waals surface area contributed by atoms with Crippen LogP contribution in [0.25, 0.3) is 0 Å². The molecule has 3 unspecified atom stereocenters. The number of thiol groups is 1. The van der Waals surface area contributed by atoms with Crippen molar-refractivity contribution in [2.45, 2.75) is 37.4 Å². The predicted molar refractivity (Wildman–Crippen MR) is 126 cm³/mol. The normalized spacial score (nSPS) is 13.2. The maximum absolute atomic E-state index is 13.0. The molecule has 0 saturated heterocycles. The molecule has 0 fully saturated rings. The minimum absolute atomic E-state index is 0.0984. The van der Waals surface area contributed by atoms with Gasteiger partial charge in [0.05, 0.1) is 6.54 Å². The summed E-state index contributed by atoms with van der Waals surface area (Å²) in [6, 6.07) is 5.54. The summed E-state index contributed by atoms with van der Waals surface area (Å²) in [5.74, 6) is -3.36. The summed E-state index contributed by atoms with van der Waals surface area (Å²) in [4.78, 5) is 52.7. The van der Waals surface area contributed by atoms with Gasteiger partial charge in [0, 0.05) is 18.7 Å². The third-order valence-electron chi connectivity index (χ3n) is 4.50. The number of nitrogens with two attached hydrogens (primary N) is 3. The Hall–Kier alpha value is -3.32. The molecule has 1 rings (SSSR count). The molecule has 3 atom stereocenters. The van der Waals surface area contributed by atoms with Crippen molar-refractivity contribution in [3.8, 4) is 0 Å². The van der Waals surface area contributed by atoms with Crippen molar-refractivity contribution in [2.75, 3.05) is 18.8 Å². The Morgan fingerprint density at radius 2 is 1.58 bits per heavy atom. The molecule has 1 aromatic carbocycles. The maximum Gasteiger partial charge on any atom is 0.327 e. The van der Waals surface area contributed by atoms with E-state index in [0.717, 1.165) is 5.56 Å². The highest BCUT2D eigenvalue weighted by molar-refractivity contribution is 7.80. The van der Waals surface area contributed by atoms with Gasteiger partial charge in [-0.1, -0.05) is 30.3 Å². The van der Waals surface area contributed by atoms with Crippen molar-refractivity contribution in [3.05, 3.63) is 35.9 Å². The predicted octanol–water partition coefficient (Wildman–Crippen LogP) is -2.29. The van der Waals surface area contributed by atoms with Crippen molar-refractivity contribution in [1.29, 1.82) is 0 Å². The largest absolute Gasteiger partial charge is 0.480 e. The summed E-state index contributed by atoms with van der Waals surface area (Å²) in [7, 11) is 0. The van der Waals surface area contributed by atoms with Crippen LogP contribution in [0.3, 0.4) is 0 Å². The number of hydrogen-bond acceptors (Lipinski definition) is 7. The molecule has 1 aromatic rings. The fourth-order valence-corrected chi connectivity index (χ4v) is 3.06. The van der Waals surface area contributed by atoms with E-state index in [9.17, 15) is 24.3 Å². The van der Waals surface area contributed by atoms with Crippen molar-refractivity contribution in [1.82, 2.24) is 16.0 Å². The zero-order chi connectivity index (χ0) is 24.8. The van der Waals surface area contributed by atoms with Gasteiger partial charge in [-0.3, -0.25) is 19.4 Å². The Labute approximate surface area is 197 Å². The molecule has 0 aliphatic heterocycles. The zero-order valence-corrected chi connectivity index (χ0v) is 19.0. The molecule has 12 nitrogen and oxygen atoms in total. The highest BCUT2D eigenvalue weighted by atomic mass is 32.1. The van der Waals surface area contributed by atoms with Gasteiger partial charge in [0.15, 0.2) is 5.96 Å². The molecule has 33 heavy (non-hydrogen) atoms. The molecule has 0 spiro atoms. The minimum Gasteiger partial charge on any atom is -0.480 e. The molecule has 182 valence electrons. The van der Waals surface area contributed by atoms with Crippen LogP contribution in [0.4, 0.5) is 0 Å². The molecule has 0 aliphatic carbocycles. The Morgan fingerprint density at radius 3 is 2.12 bits per heavy atom. The lowest BCUT2D eigenvalue weighted by atomic mass is 10.0. The number of carbonyl (C=O) groups excluding carboxylic acids is 3. The second kappa shape index (κ2) is 14.7. The van der Waals surface area contributed by atoms with E-state index >= 15 is 0 Å². The van der Waals surface area contributed by atoms with Crippen LogP contribution in [0.1, 0.15) is 18.4 Å². The summed E-state index contributed by atoms with van der Waals surface area (Å²) in [6.45, 7) is -0.0887. The number of nitrogens with one attached hydrogen (secondary N) is 3. The summed E-state index contributed by atoms with van der Waals surface area (Å²) in [6.07, 6.45) is 0.655. The molecule has 0 radical (unpaired) electrons. The van der Waals surface area contributed by atoms with E-state index < -0.39 is 41.8 Å². The first-order valence-corrected chi connectivity index (χ1v) is 10.8. The van der Waals surface area contributed by atoms with Crippen LogP contribution in [-0.4, -0.2) is 71.7 Å². The minimum atomic E-state index is -1.25. The van der Waals surface area contributed by atoms with Crippen LogP contribution in [0, 0.1) is 0 Å². The zero-order valence-electron chi connectivity index (χ0n) is 18.1. The van der Waals surface area contributed by atoms with Crippen LogP contribution in [-0.2, 0) is 25.6 Å². The van der Waals surface area contributed by atoms with Crippen molar-refractivity contribution in [3.63, 3.8) is 0 Å². The first-order valence-electron chi connectivity index (χ1n) is 10.2. The molecule has 3 amide bonds. The van der Waals surface area contributed by atoms with Crippen LogP contribution < -0.4 is 33.2 Å². The Balaban J connectivity index is 3.01. The molecule has 0 saturated carbocycles. The number of carbonyl (C=O) groups is 4. The molecule has 0 aliphatic rings. The van der Waals surface area contributed by atoms with Gasteiger partial charge in [0.25, 0.3) is 0 Å². The van der Waals surface area contributed by atoms with Crippen LogP contribution in [0.5, 0.6) is 0 Å². The second-order valence-electron chi connectivity index (χ2n) is 7.11. The number of aliphatic carboxylic acids is 1. The maximum atomic E-state index is 13.0. The highest BCUT2D eigenvalue weighted by Crippen LogP contribution is 2.06. The molecule has 13 heteroatoms. The van der Waals surface area contributed by atoms with E-state index in [0.29, 0.717) is 6.42 Å². The van der Waals surface area contributed by atoms with Crippen molar-refractivity contribution < 1.29 is 24.3 Å². The van der Waals surface area contributed by atoms with E-state index in [1.807, 2.05) is 0 Å². The fourth-order valence-electron chi connectivity index (χ4n) is 2.81. The van der Waals surface area contributed by atoms with Crippen molar-refractivity contribution in [2.24, 2.45) is 22.2 Å². The highest BCUT2D eigenvalue weighted by Gasteiger charge is 2.29. The lowest BCUT2D eigenvalue weighted by Gasteiger charge is -2.24. The van der Waals surface area contributed by atoms with Crippen LogP contribution in [0.2, 0.25) is 0 Å². The molecule has 0 aromatic heterocycles. The Morgan fingerprint density at radius 1 is 0.970 bits per heavy atom. The second-order valence-corrected chi connectivity index (χ2v) is 7.47. The van der Waals surface area contributed by atoms with E-state index in [1.165, 1.54) is 0 Å². The van der Waals surface area contributed by atoms with Gasteiger partial charge in [-0.25, -0.2) is 4.79 Å². The Bertz CT molecular complexity index is 833. The number of hydrogen-bond donors (Lipinski definition) is 8. The quantitative estimate of drug-likeness (QED) is 0.0624. The van der Waals surface area contributed by atoms with Gasteiger partial charge < -0.3 is 38.3 Å². The first kappa shape index (κ1) is 27.7. The average Bonchev–Trinajstić information content (AvgIpc) is 2.78. The van der Waals surface area contributed by atoms with Gasteiger partial charge in [-0.15, -0.1) is 0 Å². The van der Waals surface area contributed by atoms with Crippen LogP contribution >= 0.6 is 12.6 Å². The number of nitrogens with zero attached hydrogens (tertiary/aromatic N) is 1. The summed E-state index contributed by atoms with van der Waals surface area (Å²) < 4.78 is 0. The molecular formula is C20H31N7O5S. The van der Waals surface area contributed by atoms with E-state index in [-0.39, 0.29) is 37.6 Å². The standard InChI is InChI=1S/C20H31N7O5S/c21-10-16(28)25-13(7-4-8-24-20(22)23)17(29)26-14(9-12-5-2-1-3-6-12)18(30)27-15(11-33)19(31)32/h1-3,5-6,13-15,33H,4,7-11,21H2,(H,25,28)(H,26,29)(H,27,30)(H,31,32)(H4,22,23,24). The number of aliphatic imine (C=N–C) groups is 1. The van der Waals surface area contributed by atoms with Gasteiger partial charge in [0.2, 0.25) is 17.7 Å². The SMILES string of the molecule is NCC(=O)NC(CCCN=C(N)N)C(=O)NC(Cc1ccccc1)C(=O)NC(CS)C(=O)O. The lowest BCUT2D eigenvalue weighted by molar-refractivity contribution is -0.141. The molecule has 10 N–H and O–H groups in total. The van der Waals surface area contributed by atoms with E-state index in [4.69, 9.17) is 17.2 Å². The number of rotatable bonds is 14. The third-order valence-corrected chi connectivity index (χ3v) is 4.86. The molecular weight excluding hydrogens is 450 g/mol. The van der Waals surface area contributed by atoms with Crippen LogP contribution in [0.15, 0.2) is 35.3 Å². The number of carboxylic acids is 1. The first-order chi connectivity index (χ1) is 15.7. The Kier molecular flexibility index (Phi) is 12.3. The van der Waals surface area contributed by atoms with Gasteiger partial charge >= 0.3 is 5.97 Å². The number of amides is 3. The van der Waals surface area contributed by atoms with E-state index in [1.54, 1.807) is 30.3 Å². The molecule has 0 bridgehead atoms. The van der Waals surface area contributed by atoms with Crippen molar-refractivity contribution >= 4 is 42.3 Å². The van der Waals surface area contributed by atoms with Gasteiger partial charge in [0.1, 0.15) is 18.1 Å². The average molecular weight is 482 g/mol. The number of carboxylic acid groups (broad SMARTS) is 1. The van der Waals surface area contributed by atoms with E-state index in [2.05, 4.69) is 33.6 Å². The monoisotopic (exact) mass is 481 g/mol. The summed E-state index contributed by atoms with van der Waals surface area (Å²) in [5, 5.41) is 16.7. The summed E-state index contributed by atoms with van der Waals surface area (Å²) in [5.41, 5.74) is 16.7. The fraction of sp³-hybridized carbons (Fsp3) is 0.450. The number of guanidine groups is 1. The topological polar surface area (TPSA) is 215 Å². The van der Waals surface area contributed by atoms with Gasteiger partial charge in [-0.2, -0.15) is 12.6 Å². The smallest absolute Gasteiger partial charge is 0.327 e.